The summed E-state index contributed by atoms with van der Waals surface area (Å²) in [6, 6.07) is 68.1. The van der Waals surface area contributed by atoms with Crippen molar-refractivity contribution < 1.29 is 0 Å². The quantitative estimate of drug-likeness (QED) is 0.177. The maximum absolute atomic E-state index is 2.41. The zero-order chi connectivity index (χ0) is 31.9. The monoisotopic (exact) mass is 629 g/mol. The van der Waals surface area contributed by atoms with Crippen molar-refractivity contribution in [1.82, 2.24) is 0 Å². The van der Waals surface area contributed by atoms with Crippen molar-refractivity contribution in [2.24, 2.45) is 0 Å². The number of thiophene rings is 1. The van der Waals surface area contributed by atoms with Crippen LogP contribution in [0.15, 0.2) is 188 Å². The lowest BCUT2D eigenvalue weighted by molar-refractivity contribution is 1.28. The summed E-state index contributed by atoms with van der Waals surface area (Å²) >= 11 is 1.86. The largest absolute Gasteiger partial charge is 0.310 e. The van der Waals surface area contributed by atoms with E-state index in [2.05, 4.69) is 193 Å². The minimum absolute atomic E-state index is 1.12. The normalized spacial score (nSPS) is 11.3. The molecule has 0 unspecified atom stereocenters. The lowest BCUT2D eigenvalue weighted by Crippen LogP contribution is -2.11. The van der Waals surface area contributed by atoms with Crippen molar-refractivity contribution in [3.05, 3.63) is 188 Å². The van der Waals surface area contributed by atoms with E-state index in [1.807, 2.05) is 11.3 Å². The summed E-state index contributed by atoms with van der Waals surface area (Å²) in [7, 11) is 0. The second-order valence-corrected chi connectivity index (χ2v) is 13.2. The molecule has 2 heteroatoms. The Morgan fingerprint density at radius 3 is 1.75 bits per heavy atom. The second kappa shape index (κ2) is 12.0. The van der Waals surface area contributed by atoms with Crippen molar-refractivity contribution in [3.63, 3.8) is 0 Å². The van der Waals surface area contributed by atoms with Crippen LogP contribution in [0.1, 0.15) is 0 Å². The number of hydrogen-bond donors (Lipinski definition) is 0. The smallest absolute Gasteiger partial charge is 0.0540 e. The van der Waals surface area contributed by atoms with Gasteiger partial charge in [-0.2, -0.15) is 0 Å². The molecule has 1 aromatic heterocycles. The highest BCUT2D eigenvalue weighted by Gasteiger charge is 2.20. The second-order valence-electron chi connectivity index (χ2n) is 12.1. The Balaban J connectivity index is 1.27. The maximum Gasteiger partial charge on any atom is 0.0540 e. The standard InChI is InChI=1S/C46H31NS/c1-3-15-32(16-4-1)37-25-12-17-33-18-13-27-40(45(33)37)39-23-7-9-28-42(39)47(35-20-5-2-6-21-35)36-22-11-19-34(31-36)38-26-14-30-44-46(38)41-24-8-10-29-43(41)48-44/h1-31H. The van der Waals surface area contributed by atoms with Gasteiger partial charge in [0, 0.05) is 37.1 Å². The fraction of sp³-hybridized carbons (Fsp3) is 0. The van der Waals surface area contributed by atoms with Crippen LogP contribution in [0, 0.1) is 0 Å². The van der Waals surface area contributed by atoms with Gasteiger partial charge < -0.3 is 4.90 Å². The van der Waals surface area contributed by atoms with E-state index >= 15 is 0 Å². The fourth-order valence-corrected chi connectivity index (χ4v) is 8.28. The number of fused-ring (bicyclic) bond motifs is 4. The van der Waals surface area contributed by atoms with Crippen molar-refractivity contribution >= 4 is 59.3 Å². The maximum atomic E-state index is 2.41. The third-order valence-corrected chi connectivity index (χ3v) is 10.4. The van der Waals surface area contributed by atoms with E-state index in [0.29, 0.717) is 0 Å². The highest BCUT2D eigenvalue weighted by Crippen LogP contribution is 2.46. The Morgan fingerprint density at radius 2 is 0.917 bits per heavy atom. The molecule has 8 aromatic carbocycles. The predicted molar refractivity (Wildman–Crippen MR) is 208 cm³/mol. The molecule has 0 bridgehead atoms. The Labute approximate surface area is 284 Å². The first-order valence-corrected chi connectivity index (χ1v) is 17.2. The molecule has 1 heterocycles. The van der Waals surface area contributed by atoms with E-state index in [9.17, 15) is 0 Å². The fourth-order valence-electron chi connectivity index (χ4n) is 7.15. The van der Waals surface area contributed by atoms with Gasteiger partial charge in [0.25, 0.3) is 0 Å². The summed E-state index contributed by atoms with van der Waals surface area (Å²) in [5, 5.41) is 5.13. The van der Waals surface area contributed by atoms with Crippen LogP contribution in [-0.2, 0) is 0 Å². The highest BCUT2D eigenvalue weighted by atomic mass is 32.1. The third kappa shape index (κ3) is 4.86. The van der Waals surface area contributed by atoms with E-state index < -0.39 is 0 Å². The molecule has 0 atom stereocenters. The van der Waals surface area contributed by atoms with Gasteiger partial charge in [0.1, 0.15) is 0 Å². The average Bonchev–Trinajstić information content (AvgIpc) is 3.55. The van der Waals surface area contributed by atoms with Gasteiger partial charge in [-0.25, -0.2) is 0 Å². The minimum Gasteiger partial charge on any atom is -0.310 e. The zero-order valence-electron chi connectivity index (χ0n) is 26.3. The summed E-state index contributed by atoms with van der Waals surface area (Å²) < 4.78 is 2.63. The molecule has 0 amide bonds. The lowest BCUT2D eigenvalue weighted by atomic mass is 9.90. The van der Waals surface area contributed by atoms with E-state index in [1.54, 1.807) is 0 Å². The van der Waals surface area contributed by atoms with Crippen LogP contribution in [0.4, 0.5) is 17.1 Å². The van der Waals surface area contributed by atoms with Crippen LogP contribution >= 0.6 is 11.3 Å². The number of anilines is 3. The number of hydrogen-bond acceptors (Lipinski definition) is 2. The molecule has 0 spiro atoms. The molecule has 0 saturated heterocycles. The first kappa shape index (κ1) is 28.3. The first-order valence-electron chi connectivity index (χ1n) is 16.4. The molecule has 0 aliphatic heterocycles. The zero-order valence-corrected chi connectivity index (χ0v) is 27.1. The van der Waals surface area contributed by atoms with Gasteiger partial charge in [0.05, 0.1) is 5.69 Å². The summed E-state index contributed by atoms with van der Waals surface area (Å²) in [5.41, 5.74) is 10.7. The van der Waals surface area contributed by atoms with Gasteiger partial charge in [0.2, 0.25) is 0 Å². The van der Waals surface area contributed by atoms with Gasteiger partial charge in [0.15, 0.2) is 0 Å². The van der Waals surface area contributed by atoms with Gasteiger partial charge in [-0.1, -0.05) is 146 Å². The summed E-state index contributed by atoms with van der Waals surface area (Å²) in [6.07, 6.45) is 0. The van der Waals surface area contributed by atoms with Crippen LogP contribution < -0.4 is 4.90 Å². The molecular weight excluding hydrogens is 599 g/mol. The van der Waals surface area contributed by atoms with Crippen molar-refractivity contribution in [2.45, 2.75) is 0 Å². The van der Waals surface area contributed by atoms with E-state index in [1.165, 1.54) is 64.3 Å². The summed E-state index contributed by atoms with van der Waals surface area (Å²) in [4.78, 5) is 2.41. The van der Waals surface area contributed by atoms with Crippen LogP contribution in [0.5, 0.6) is 0 Å². The molecule has 9 rings (SSSR count). The topological polar surface area (TPSA) is 3.24 Å². The lowest BCUT2D eigenvalue weighted by Gasteiger charge is -2.29. The minimum atomic E-state index is 1.12. The number of benzene rings is 8. The Kier molecular flexibility index (Phi) is 7.07. The molecule has 0 fully saturated rings. The predicted octanol–water partition coefficient (Wildman–Crippen LogP) is 13.7. The molecule has 0 radical (unpaired) electrons. The molecule has 0 N–H and O–H groups in total. The molecule has 226 valence electrons. The molecule has 0 aliphatic carbocycles. The number of nitrogens with zero attached hydrogens (tertiary/aromatic N) is 1. The number of rotatable bonds is 6. The highest BCUT2D eigenvalue weighted by molar-refractivity contribution is 7.25. The van der Waals surface area contributed by atoms with Crippen LogP contribution in [-0.4, -0.2) is 0 Å². The van der Waals surface area contributed by atoms with Crippen LogP contribution in [0.25, 0.3) is 64.3 Å². The van der Waals surface area contributed by atoms with E-state index in [0.717, 1.165) is 17.1 Å². The molecule has 0 aliphatic rings. The van der Waals surface area contributed by atoms with E-state index in [4.69, 9.17) is 0 Å². The molecule has 48 heavy (non-hydrogen) atoms. The average molecular weight is 630 g/mol. The summed E-state index contributed by atoms with van der Waals surface area (Å²) in [6.45, 7) is 0. The Morgan fingerprint density at radius 1 is 0.354 bits per heavy atom. The SMILES string of the molecule is c1ccc(-c2cccc3cccc(-c4ccccc4N(c4ccccc4)c4cccc(-c5cccc6sc7ccccc7c56)c4)c23)cc1. The van der Waals surface area contributed by atoms with Gasteiger partial charge in [-0.15, -0.1) is 11.3 Å². The molecular formula is C46H31NS. The van der Waals surface area contributed by atoms with Gasteiger partial charge in [-0.3, -0.25) is 0 Å². The molecule has 9 aromatic rings. The van der Waals surface area contributed by atoms with Gasteiger partial charge in [-0.05, 0) is 81.1 Å². The molecule has 1 nitrogen and oxygen atoms in total. The number of para-hydroxylation sites is 2. The van der Waals surface area contributed by atoms with Crippen molar-refractivity contribution in [2.75, 3.05) is 4.90 Å². The third-order valence-electron chi connectivity index (χ3n) is 9.26. The first-order chi connectivity index (χ1) is 23.8. The van der Waals surface area contributed by atoms with Crippen molar-refractivity contribution in [3.8, 4) is 33.4 Å². The van der Waals surface area contributed by atoms with E-state index in [-0.39, 0.29) is 0 Å². The summed E-state index contributed by atoms with van der Waals surface area (Å²) in [5.74, 6) is 0. The Hall–Kier alpha value is -5.96. The molecule has 0 saturated carbocycles. The Bertz CT molecular complexity index is 2560. The van der Waals surface area contributed by atoms with Crippen LogP contribution in [0.2, 0.25) is 0 Å². The van der Waals surface area contributed by atoms with Crippen LogP contribution in [0.3, 0.4) is 0 Å². The van der Waals surface area contributed by atoms with Gasteiger partial charge >= 0.3 is 0 Å². The van der Waals surface area contributed by atoms with Crippen molar-refractivity contribution in [1.29, 1.82) is 0 Å².